The molecule has 19 heavy (non-hydrogen) atoms. The van der Waals surface area contributed by atoms with E-state index in [1.54, 1.807) is 17.8 Å². The van der Waals surface area contributed by atoms with Crippen LogP contribution < -0.4 is 5.73 Å². The van der Waals surface area contributed by atoms with Crippen molar-refractivity contribution in [2.75, 3.05) is 5.73 Å². The smallest absolute Gasteiger partial charge is 0.161 e. The largest absolute Gasteiger partial charge is 0.398 e. The molecule has 0 unspecified atom stereocenters. The summed E-state index contributed by atoms with van der Waals surface area (Å²) < 4.78 is 1.84. The number of hydrogen-bond acceptors (Lipinski definition) is 5. The number of hydrogen-bond donors (Lipinski definition) is 1. The Balaban J connectivity index is 2.02. The van der Waals surface area contributed by atoms with Gasteiger partial charge in [0.2, 0.25) is 0 Å². The number of aromatic nitrogens is 4. The van der Waals surface area contributed by atoms with E-state index >= 15 is 0 Å². The molecule has 0 spiro atoms. The Kier molecular flexibility index (Phi) is 5.04. The van der Waals surface area contributed by atoms with Gasteiger partial charge in [0, 0.05) is 22.2 Å². The van der Waals surface area contributed by atoms with Crippen LogP contribution in [0.5, 0.6) is 0 Å². The molecule has 102 valence electrons. The van der Waals surface area contributed by atoms with Crippen molar-refractivity contribution in [2.45, 2.75) is 37.0 Å². The fourth-order valence-corrected chi connectivity index (χ4v) is 2.76. The summed E-state index contributed by atoms with van der Waals surface area (Å²) in [7, 11) is 0. The number of nitrogen functional groups attached to an aromatic ring is 1. The first kappa shape index (κ1) is 14.1. The van der Waals surface area contributed by atoms with Gasteiger partial charge >= 0.3 is 0 Å². The molecular weight excluding hydrogens is 282 g/mol. The van der Waals surface area contributed by atoms with Crippen LogP contribution in [0.4, 0.5) is 5.69 Å². The molecule has 1 heterocycles. The zero-order chi connectivity index (χ0) is 13.7. The fraction of sp³-hybridized carbons (Fsp3) is 0.417. The molecule has 1 aromatic carbocycles. The Morgan fingerprint density at radius 3 is 3.05 bits per heavy atom. The minimum Gasteiger partial charge on any atom is -0.398 e. The number of rotatable bonds is 6. The number of nitrogens with two attached hydrogens (primary N) is 1. The lowest BCUT2D eigenvalue weighted by Crippen LogP contribution is -2.05. The zero-order valence-electron chi connectivity index (χ0n) is 10.7. The predicted molar refractivity (Wildman–Crippen MR) is 78.2 cm³/mol. The molecular formula is C12H16ClN5S. The van der Waals surface area contributed by atoms with E-state index in [4.69, 9.17) is 17.3 Å². The van der Waals surface area contributed by atoms with Crippen molar-refractivity contribution in [1.82, 2.24) is 20.2 Å². The van der Waals surface area contributed by atoms with Crippen molar-refractivity contribution in [1.29, 1.82) is 0 Å². The Labute approximate surface area is 121 Å². The summed E-state index contributed by atoms with van der Waals surface area (Å²) in [6.07, 6.45) is 2.19. The van der Waals surface area contributed by atoms with Gasteiger partial charge in [-0.2, -0.15) is 0 Å². The van der Waals surface area contributed by atoms with E-state index in [-0.39, 0.29) is 0 Å². The molecule has 2 rings (SSSR count). The van der Waals surface area contributed by atoms with Gasteiger partial charge in [-0.15, -0.1) is 16.9 Å². The molecule has 0 saturated heterocycles. The normalized spacial score (nSPS) is 10.8. The first-order valence-corrected chi connectivity index (χ1v) is 7.50. The van der Waals surface area contributed by atoms with Gasteiger partial charge in [0.05, 0.1) is 5.75 Å². The summed E-state index contributed by atoms with van der Waals surface area (Å²) in [6.45, 7) is 3.00. The first-order valence-electron chi connectivity index (χ1n) is 6.13. The van der Waals surface area contributed by atoms with Crippen molar-refractivity contribution in [3.63, 3.8) is 0 Å². The Bertz CT molecular complexity index is 543. The molecule has 0 bridgehead atoms. The SMILES string of the molecule is CCCCn1nnnc1CSc1cc(Cl)ccc1N. The van der Waals surface area contributed by atoms with Gasteiger partial charge in [0.15, 0.2) is 5.82 Å². The van der Waals surface area contributed by atoms with Gasteiger partial charge in [0.1, 0.15) is 0 Å². The van der Waals surface area contributed by atoms with E-state index in [0.29, 0.717) is 10.8 Å². The molecule has 0 aliphatic rings. The third-order valence-electron chi connectivity index (χ3n) is 2.66. The molecule has 0 aliphatic carbocycles. The molecule has 0 radical (unpaired) electrons. The van der Waals surface area contributed by atoms with Crippen molar-refractivity contribution in [3.8, 4) is 0 Å². The standard InChI is InChI=1S/C12H16ClN5S/c1-2-3-6-18-12(15-16-17-18)8-19-11-7-9(13)4-5-10(11)14/h4-5,7H,2-3,6,8,14H2,1H3. The quantitative estimate of drug-likeness (QED) is 0.655. The van der Waals surface area contributed by atoms with E-state index in [0.717, 1.165) is 35.8 Å². The molecule has 2 aromatic rings. The van der Waals surface area contributed by atoms with Crippen LogP contribution in [0, 0.1) is 0 Å². The first-order chi connectivity index (χ1) is 9.20. The average Bonchev–Trinajstić information content (AvgIpc) is 2.85. The van der Waals surface area contributed by atoms with Crippen LogP contribution in [0.1, 0.15) is 25.6 Å². The van der Waals surface area contributed by atoms with Gasteiger partial charge in [-0.25, -0.2) is 4.68 Å². The van der Waals surface area contributed by atoms with E-state index in [1.165, 1.54) is 0 Å². The lowest BCUT2D eigenvalue weighted by atomic mass is 10.3. The van der Waals surface area contributed by atoms with Crippen LogP contribution in [0.3, 0.4) is 0 Å². The van der Waals surface area contributed by atoms with Gasteiger partial charge in [-0.05, 0) is 35.0 Å². The fourth-order valence-electron chi connectivity index (χ4n) is 1.58. The highest BCUT2D eigenvalue weighted by Crippen LogP contribution is 2.29. The summed E-state index contributed by atoms with van der Waals surface area (Å²) in [5.74, 6) is 1.54. The van der Waals surface area contributed by atoms with E-state index in [2.05, 4.69) is 22.4 Å². The third kappa shape index (κ3) is 3.84. The minimum atomic E-state index is 0.682. The van der Waals surface area contributed by atoms with Crippen LogP contribution in [-0.2, 0) is 12.3 Å². The van der Waals surface area contributed by atoms with Crippen LogP contribution in [0.2, 0.25) is 5.02 Å². The topological polar surface area (TPSA) is 69.6 Å². The molecule has 0 saturated carbocycles. The highest BCUT2D eigenvalue weighted by Gasteiger charge is 2.08. The molecule has 0 atom stereocenters. The Hall–Kier alpha value is -1.27. The maximum Gasteiger partial charge on any atom is 0.161 e. The number of nitrogens with zero attached hydrogens (tertiary/aromatic N) is 4. The van der Waals surface area contributed by atoms with E-state index in [1.807, 2.05) is 16.8 Å². The second kappa shape index (κ2) is 6.77. The summed E-state index contributed by atoms with van der Waals surface area (Å²) >= 11 is 7.56. The van der Waals surface area contributed by atoms with Crippen LogP contribution in [0.15, 0.2) is 23.1 Å². The van der Waals surface area contributed by atoms with Crippen LogP contribution in [-0.4, -0.2) is 20.2 Å². The average molecular weight is 298 g/mol. The number of anilines is 1. The highest BCUT2D eigenvalue weighted by atomic mass is 35.5. The minimum absolute atomic E-state index is 0.682. The van der Waals surface area contributed by atoms with Crippen molar-refractivity contribution >= 4 is 29.1 Å². The van der Waals surface area contributed by atoms with Crippen LogP contribution in [0.25, 0.3) is 0 Å². The molecule has 5 nitrogen and oxygen atoms in total. The molecule has 0 aliphatic heterocycles. The second-order valence-electron chi connectivity index (χ2n) is 4.14. The van der Waals surface area contributed by atoms with Gasteiger partial charge in [-0.3, -0.25) is 0 Å². The van der Waals surface area contributed by atoms with E-state index < -0.39 is 0 Å². The molecule has 0 amide bonds. The number of unbranched alkanes of at least 4 members (excludes halogenated alkanes) is 1. The van der Waals surface area contributed by atoms with Crippen molar-refractivity contribution in [3.05, 3.63) is 29.0 Å². The van der Waals surface area contributed by atoms with Gasteiger partial charge < -0.3 is 5.73 Å². The molecule has 1 aromatic heterocycles. The number of aryl methyl sites for hydroxylation is 1. The molecule has 0 fully saturated rings. The van der Waals surface area contributed by atoms with Gasteiger partial charge in [-0.1, -0.05) is 24.9 Å². The maximum absolute atomic E-state index is 5.96. The van der Waals surface area contributed by atoms with Gasteiger partial charge in [0.25, 0.3) is 0 Å². The predicted octanol–water partition coefficient (Wildman–Crippen LogP) is 3.00. The summed E-state index contributed by atoms with van der Waals surface area (Å²) in [6, 6.07) is 5.46. The number of tetrazole rings is 1. The lowest BCUT2D eigenvalue weighted by Gasteiger charge is -2.06. The Morgan fingerprint density at radius 1 is 1.42 bits per heavy atom. The second-order valence-corrected chi connectivity index (χ2v) is 5.60. The lowest BCUT2D eigenvalue weighted by molar-refractivity contribution is 0.540. The molecule has 2 N–H and O–H groups in total. The van der Waals surface area contributed by atoms with Crippen molar-refractivity contribution < 1.29 is 0 Å². The summed E-state index contributed by atoms with van der Waals surface area (Å²) in [4.78, 5) is 0.956. The Morgan fingerprint density at radius 2 is 2.26 bits per heavy atom. The number of halogens is 1. The maximum atomic E-state index is 5.96. The highest BCUT2D eigenvalue weighted by molar-refractivity contribution is 7.98. The summed E-state index contributed by atoms with van der Waals surface area (Å²) in [5, 5.41) is 12.4. The van der Waals surface area contributed by atoms with Crippen molar-refractivity contribution in [2.24, 2.45) is 0 Å². The zero-order valence-corrected chi connectivity index (χ0v) is 12.3. The monoisotopic (exact) mass is 297 g/mol. The van der Waals surface area contributed by atoms with Crippen LogP contribution >= 0.6 is 23.4 Å². The van der Waals surface area contributed by atoms with E-state index in [9.17, 15) is 0 Å². The number of thioether (sulfide) groups is 1. The molecule has 7 heteroatoms. The number of benzene rings is 1. The summed E-state index contributed by atoms with van der Waals surface area (Å²) in [5.41, 5.74) is 6.63. The third-order valence-corrected chi connectivity index (χ3v) is 3.96.